The summed E-state index contributed by atoms with van der Waals surface area (Å²) in [7, 11) is 0.149. The molecule has 17 nitrogen and oxygen atoms in total. The van der Waals surface area contributed by atoms with Crippen LogP contribution in [-0.4, -0.2) is 58.6 Å². The highest BCUT2D eigenvalue weighted by atomic mass is 28.2. The van der Waals surface area contributed by atoms with E-state index in [4.69, 9.17) is 33.7 Å². The van der Waals surface area contributed by atoms with Crippen molar-refractivity contribution in [3.63, 3.8) is 0 Å². The average Bonchev–Trinajstić information content (AvgIpc) is 2.85. The van der Waals surface area contributed by atoms with Crippen molar-refractivity contribution in [1.82, 2.24) is 5.32 Å². The van der Waals surface area contributed by atoms with Crippen molar-refractivity contribution < 1.29 is 52.5 Å². The van der Waals surface area contributed by atoms with Crippen LogP contribution < -0.4 is 34.6 Å². The van der Waals surface area contributed by atoms with E-state index < -0.39 is 65.3 Å². The van der Waals surface area contributed by atoms with Crippen molar-refractivity contribution in [2.45, 2.75) is 32.7 Å². The van der Waals surface area contributed by atoms with Gasteiger partial charge in [0.25, 0.3) is 0 Å². The summed E-state index contributed by atoms with van der Waals surface area (Å²) >= 11 is 0. The van der Waals surface area contributed by atoms with E-state index >= 15 is 0 Å². The van der Waals surface area contributed by atoms with Crippen molar-refractivity contribution in [1.29, 1.82) is 0 Å². The summed E-state index contributed by atoms with van der Waals surface area (Å²) in [5.41, 5.74) is 2.53. The number of hydrogen-bond acceptors (Lipinski definition) is 15. The van der Waals surface area contributed by atoms with Gasteiger partial charge in [-0.2, -0.15) is 23.6 Å². The van der Waals surface area contributed by atoms with Crippen LogP contribution >= 0.6 is 0 Å². The Bertz CT molecular complexity index is 786. The topological polar surface area (TPSA) is 291 Å². The van der Waals surface area contributed by atoms with Gasteiger partial charge in [0.2, 0.25) is 21.6 Å². The predicted octanol–water partition coefficient (Wildman–Crippen LogP) is -4.04. The molecule has 4 atom stereocenters. The van der Waals surface area contributed by atoms with Gasteiger partial charge in [-0.05, 0) is 25.8 Å². The highest BCUT2D eigenvalue weighted by Gasteiger charge is 2.63. The molecule has 0 aliphatic rings. The van der Waals surface area contributed by atoms with E-state index in [1.807, 2.05) is 6.92 Å². The lowest BCUT2D eigenvalue weighted by Crippen LogP contribution is -2.61. The van der Waals surface area contributed by atoms with Gasteiger partial charge in [-0.3, -0.25) is 14.4 Å². The summed E-state index contributed by atoms with van der Waals surface area (Å²) in [6.07, 6.45) is -0.182. The average molecular weight is 523 g/mol. The van der Waals surface area contributed by atoms with Gasteiger partial charge in [-0.25, -0.2) is 14.4 Å². The van der Waals surface area contributed by atoms with Crippen LogP contribution in [0.25, 0.3) is 0 Å². The van der Waals surface area contributed by atoms with Crippen LogP contribution in [0.15, 0.2) is 0 Å². The fourth-order valence-electron chi connectivity index (χ4n) is 3.47. The van der Waals surface area contributed by atoms with Gasteiger partial charge in [-0.1, -0.05) is 6.92 Å². The Morgan fingerprint density at radius 3 is 1.89 bits per heavy atom. The molecule has 0 bridgehead atoms. The number of amides is 2. The smallest absolute Gasteiger partial charge is 0.341 e. The monoisotopic (exact) mass is 522 g/mol. The molecule has 11 N–H and O–H groups in total. The highest BCUT2D eigenvalue weighted by molar-refractivity contribution is 6.27. The molecule has 198 valence electrons. The molecule has 0 rings (SSSR count). The van der Waals surface area contributed by atoms with Gasteiger partial charge < -0.3 is 34.8 Å². The van der Waals surface area contributed by atoms with Crippen LogP contribution in [0.3, 0.4) is 0 Å². The number of carbonyl (C=O) groups is 6. The molecule has 0 aromatic rings. The Morgan fingerprint density at radius 2 is 1.46 bits per heavy atom. The molecule has 0 spiro atoms. The van der Waals surface area contributed by atoms with Crippen LogP contribution in [0, 0.1) is 23.2 Å². The van der Waals surface area contributed by atoms with E-state index in [1.165, 1.54) is 6.92 Å². The molecule has 4 unspecified atom stereocenters. The minimum absolute atomic E-state index is 0.0149. The molecule has 0 saturated carbocycles. The molecule has 0 aromatic carbocycles. The fourth-order valence-corrected chi connectivity index (χ4v) is 4.14. The molecule has 0 fully saturated rings. The standard InChI is InChI=1S/C17H30N6O11Si/c1-3-17(16(29)34-22,15(28)23-6-5-7-35-30-4-2)10(14(27)33-21)8(12(25)31-19)9(11(18)24)13(26)32-20/h8-10H,3-7,19-22H2,1-2H3,(H2,18,24)(H,23,28). The van der Waals surface area contributed by atoms with E-state index in [2.05, 4.69) is 24.7 Å². The SMILES string of the molecule is CCO[Si]CCCNC(=O)C(CC)(C(=O)ON)C(C(=O)ON)C(C(=O)ON)C(C(N)=O)C(=O)ON. The van der Waals surface area contributed by atoms with Gasteiger partial charge in [0.1, 0.15) is 0 Å². The van der Waals surface area contributed by atoms with Crippen LogP contribution in [0.5, 0.6) is 0 Å². The van der Waals surface area contributed by atoms with Crippen molar-refractivity contribution in [2.24, 2.45) is 52.5 Å². The van der Waals surface area contributed by atoms with Gasteiger partial charge in [0, 0.05) is 13.2 Å². The largest absolute Gasteiger partial charge is 0.418 e. The maximum atomic E-state index is 13.3. The molecule has 0 saturated heterocycles. The molecule has 2 radical (unpaired) electrons. The normalized spacial score (nSPS) is 14.9. The number of primary amides is 1. The van der Waals surface area contributed by atoms with Crippen molar-refractivity contribution in [3.05, 3.63) is 0 Å². The van der Waals surface area contributed by atoms with Crippen LogP contribution in [0.1, 0.15) is 26.7 Å². The second-order valence-corrected chi connectivity index (χ2v) is 7.94. The number of rotatable bonds is 16. The van der Waals surface area contributed by atoms with Gasteiger partial charge in [0.05, 0.1) is 11.8 Å². The maximum Gasteiger partial charge on any atom is 0.341 e. The summed E-state index contributed by atoms with van der Waals surface area (Å²) in [4.78, 5) is 92.5. The summed E-state index contributed by atoms with van der Waals surface area (Å²) in [5.74, 6) is 3.48. The lowest BCUT2D eigenvalue weighted by atomic mass is 9.63. The molecule has 0 aliphatic heterocycles. The Morgan fingerprint density at radius 1 is 0.886 bits per heavy atom. The quantitative estimate of drug-likeness (QED) is 0.0486. The molecular weight excluding hydrogens is 492 g/mol. The minimum atomic E-state index is -2.69. The Labute approximate surface area is 202 Å². The molecule has 35 heavy (non-hydrogen) atoms. The number of nitrogens with two attached hydrogens (primary N) is 5. The zero-order valence-corrected chi connectivity index (χ0v) is 20.1. The third kappa shape index (κ3) is 7.67. The minimum Gasteiger partial charge on any atom is -0.418 e. The number of carbonyl (C=O) groups excluding carboxylic acids is 6. The Kier molecular flexibility index (Phi) is 14.3. The first-order chi connectivity index (χ1) is 16.5. The maximum absolute atomic E-state index is 13.3. The van der Waals surface area contributed by atoms with Crippen molar-refractivity contribution in [2.75, 3.05) is 13.2 Å². The van der Waals surface area contributed by atoms with E-state index in [0.717, 1.165) is 0 Å². The van der Waals surface area contributed by atoms with Gasteiger partial charge >= 0.3 is 23.9 Å². The first kappa shape index (κ1) is 31.8. The van der Waals surface area contributed by atoms with E-state index in [-0.39, 0.29) is 16.3 Å². The van der Waals surface area contributed by atoms with E-state index in [9.17, 15) is 28.8 Å². The predicted molar refractivity (Wildman–Crippen MR) is 113 cm³/mol. The second kappa shape index (κ2) is 15.7. The number of nitrogens with one attached hydrogen (secondary N) is 1. The molecule has 0 aromatic heterocycles. The first-order valence-corrected chi connectivity index (χ1v) is 11.2. The third-order valence-electron chi connectivity index (χ3n) is 5.11. The fraction of sp³-hybridized carbons (Fsp3) is 0.647. The molecule has 2 amide bonds. The lowest BCUT2D eigenvalue weighted by Gasteiger charge is -2.38. The highest BCUT2D eigenvalue weighted by Crippen LogP contribution is 2.42. The Balaban J connectivity index is 6.77. The van der Waals surface area contributed by atoms with Crippen molar-refractivity contribution in [3.8, 4) is 0 Å². The summed E-state index contributed by atoms with van der Waals surface area (Å²) in [6.45, 7) is 3.54. The van der Waals surface area contributed by atoms with E-state index in [0.29, 0.717) is 19.1 Å². The first-order valence-electron chi connectivity index (χ1n) is 10.1. The van der Waals surface area contributed by atoms with Crippen LogP contribution in [-0.2, 0) is 52.5 Å². The lowest BCUT2D eigenvalue weighted by molar-refractivity contribution is -0.187. The molecule has 0 heterocycles. The van der Waals surface area contributed by atoms with E-state index in [1.54, 1.807) is 0 Å². The molecule has 18 heteroatoms. The van der Waals surface area contributed by atoms with Crippen molar-refractivity contribution >= 4 is 45.5 Å². The second-order valence-electron chi connectivity index (χ2n) is 6.86. The van der Waals surface area contributed by atoms with Gasteiger partial charge in [0.15, 0.2) is 11.3 Å². The third-order valence-corrected chi connectivity index (χ3v) is 6.16. The van der Waals surface area contributed by atoms with Crippen LogP contribution in [0.4, 0.5) is 0 Å². The van der Waals surface area contributed by atoms with Crippen LogP contribution in [0.2, 0.25) is 6.04 Å². The summed E-state index contributed by atoms with van der Waals surface area (Å²) < 4.78 is 5.21. The van der Waals surface area contributed by atoms with Gasteiger partial charge in [-0.15, -0.1) is 0 Å². The number of hydrogen-bond donors (Lipinski definition) is 6. The summed E-state index contributed by atoms with van der Waals surface area (Å²) in [5, 5.41) is 2.41. The zero-order chi connectivity index (χ0) is 27.2. The zero-order valence-electron chi connectivity index (χ0n) is 19.1. The molecular formula is C17H30N6O11Si. The molecule has 0 aliphatic carbocycles. The summed E-state index contributed by atoms with van der Waals surface area (Å²) in [6, 6.07) is 0.553. The Hall–Kier alpha value is -3.16.